The Morgan fingerprint density at radius 1 is 1.44 bits per heavy atom. The van der Waals surface area contributed by atoms with Crippen LogP contribution >= 0.6 is 0 Å². The molecule has 1 aromatic rings. The summed E-state index contributed by atoms with van der Waals surface area (Å²) in [6, 6.07) is 0.557. The Labute approximate surface area is 109 Å². The van der Waals surface area contributed by atoms with Crippen LogP contribution in [0.2, 0.25) is 0 Å². The molecule has 5 heteroatoms. The Hall–Kier alpha value is -1.36. The summed E-state index contributed by atoms with van der Waals surface area (Å²) in [4.78, 5) is 10.7. The largest absolute Gasteiger partial charge is 0.477 e. The third kappa shape index (κ3) is 3.57. The Morgan fingerprint density at radius 2 is 2.33 bits per heavy atom. The maximum atomic E-state index is 5.37. The number of piperidine rings is 1. The van der Waals surface area contributed by atoms with Crippen LogP contribution in [-0.4, -0.2) is 42.8 Å². The summed E-state index contributed by atoms with van der Waals surface area (Å²) in [6.07, 6.45) is 7.28. The average molecular weight is 250 g/mol. The number of nitrogens with one attached hydrogen (secondary N) is 1. The minimum Gasteiger partial charge on any atom is -0.477 e. The van der Waals surface area contributed by atoms with Crippen molar-refractivity contribution in [3.05, 3.63) is 12.4 Å². The van der Waals surface area contributed by atoms with E-state index in [1.165, 1.54) is 19.3 Å². The summed E-state index contributed by atoms with van der Waals surface area (Å²) in [5.74, 6) is 1.46. The second-order valence-corrected chi connectivity index (χ2v) is 4.68. The second kappa shape index (κ2) is 6.54. The summed E-state index contributed by atoms with van der Waals surface area (Å²) in [6.45, 7) is 4.66. The molecule has 0 bridgehead atoms. The highest BCUT2D eigenvalue weighted by molar-refractivity contribution is 5.36. The van der Waals surface area contributed by atoms with Crippen LogP contribution < -0.4 is 15.0 Å². The molecule has 0 amide bonds. The molecule has 1 aliphatic heterocycles. The van der Waals surface area contributed by atoms with Crippen LogP contribution in [0.1, 0.15) is 26.2 Å². The lowest BCUT2D eigenvalue weighted by Crippen LogP contribution is -2.42. The van der Waals surface area contributed by atoms with Crippen molar-refractivity contribution in [2.75, 3.05) is 31.6 Å². The van der Waals surface area contributed by atoms with Crippen molar-refractivity contribution in [2.24, 2.45) is 0 Å². The quantitative estimate of drug-likeness (QED) is 0.857. The van der Waals surface area contributed by atoms with Crippen molar-refractivity contribution in [1.82, 2.24) is 15.3 Å². The number of aromatic nitrogens is 2. The van der Waals surface area contributed by atoms with E-state index in [0.29, 0.717) is 18.5 Å². The molecule has 18 heavy (non-hydrogen) atoms. The van der Waals surface area contributed by atoms with Gasteiger partial charge in [0.25, 0.3) is 0 Å². The van der Waals surface area contributed by atoms with Gasteiger partial charge in [0.2, 0.25) is 5.88 Å². The van der Waals surface area contributed by atoms with E-state index in [1.807, 2.05) is 6.92 Å². The van der Waals surface area contributed by atoms with Gasteiger partial charge in [0.05, 0.1) is 19.0 Å². The average Bonchev–Trinajstić information content (AvgIpc) is 2.40. The van der Waals surface area contributed by atoms with Crippen LogP contribution in [0.3, 0.4) is 0 Å². The zero-order chi connectivity index (χ0) is 12.8. The highest BCUT2D eigenvalue weighted by Crippen LogP contribution is 2.15. The lowest BCUT2D eigenvalue weighted by Gasteiger charge is -2.28. The SMILES string of the molecule is CCOc1cncc(N(C)CC2CCCCN2)n1. The van der Waals surface area contributed by atoms with Gasteiger partial charge >= 0.3 is 0 Å². The van der Waals surface area contributed by atoms with Crippen molar-refractivity contribution in [3.63, 3.8) is 0 Å². The molecule has 1 unspecified atom stereocenters. The van der Waals surface area contributed by atoms with Crippen LogP contribution in [0.15, 0.2) is 12.4 Å². The Balaban J connectivity index is 1.94. The standard InChI is InChI=1S/C13H22N4O/c1-3-18-13-9-14-8-12(16-13)17(2)10-11-6-4-5-7-15-11/h8-9,11,15H,3-7,10H2,1-2H3. The number of rotatable bonds is 5. The van der Waals surface area contributed by atoms with Crippen LogP contribution in [0, 0.1) is 0 Å². The predicted octanol–water partition coefficient (Wildman–Crippen LogP) is 1.45. The first-order valence-corrected chi connectivity index (χ1v) is 6.69. The van der Waals surface area contributed by atoms with Crippen LogP contribution in [0.25, 0.3) is 0 Å². The summed E-state index contributed by atoms with van der Waals surface area (Å²) < 4.78 is 5.37. The van der Waals surface area contributed by atoms with Gasteiger partial charge in [-0.15, -0.1) is 0 Å². The number of likely N-dealkylation sites (N-methyl/N-ethyl adjacent to an activating group) is 1. The smallest absolute Gasteiger partial charge is 0.234 e. The first-order valence-electron chi connectivity index (χ1n) is 6.69. The van der Waals surface area contributed by atoms with Crippen LogP contribution in [0.4, 0.5) is 5.82 Å². The molecular weight excluding hydrogens is 228 g/mol. The van der Waals surface area contributed by atoms with Gasteiger partial charge in [-0.3, -0.25) is 4.98 Å². The van der Waals surface area contributed by atoms with E-state index >= 15 is 0 Å². The van der Waals surface area contributed by atoms with E-state index < -0.39 is 0 Å². The molecule has 2 heterocycles. The van der Waals surface area contributed by atoms with Crippen molar-refractivity contribution in [2.45, 2.75) is 32.2 Å². The lowest BCUT2D eigenvalue weighted by molar-refractivity contribution is 0.325. The molecule has 1 saturated heterocycles. The first kappa shape index (κ1) is 13.1. The summed E-state index contributed by atoms with van der Waals surface area (Å²) >= 11 is 0. The molecule has 0 spiro atoms. The third-order valence-corrected chi connectivity index (χ3v) is 3.19. The van der Waals surface area contributed by atoms with Crippen LogP contribution in [-0.2, 0) is 0 Å². The normalized spacial score (nSPS) is 19.6. The van der Waals surface area contributed by atoms with Gasteiger partial charge in [0, 0.05) is 19.6 Å². The molecule has 1 aromatic heterocycles. The number of nitrogens with zero attached hydrogens (tertiary/aromatic N) is 3. The molecule has 0 aromatic carbocycles. The lowest BCUT2D eigenvalue weighted by atomic mass is 10.0. The van der Waals surface area contributed by atoms with E-state index in [0.717, 1.165) is 18.9 Å². The third-order valence-electron chi connectivity index (χ3n) is 3.19. The predicted molar refractivity (Wildman–Crippen MR) is 72.1 cm³/mol. The molecule has 1 N–H and O–H groups in total. The summed E-state index contributed by atoms with van der Waals surface area (Å²) in [7, 11) is 2.05. The zero-order valence-electron chi connectivity index (χ0n) is 11.2. The highest BCUT2D eigenvalue weighted by atomic mass is 16.5. The Bertz CT molecular complexity index is 366. The second-order valence-electron chi connectivity index (χ2n) is 4.68. The van der Waals surface area contributed by atoms with E-state index in [-0.39, 0.29) is 0 Å². The van der Waals surface area contributed by atoms with Gasteiger partial charge in [-0.25, -0.2) is 0 Å². The van der Waals surface area contributed by atoms with Gasteiger partial charge < -0.3 is 15.0 Å². The number of ether oxygens (including phenoxy) is 1. The van der Waals surface area contributed by atoms with Crippen LogP contribution in [0.5, 0.6) is 5.88 Å². The fourth-order valence-electron chi connectivity index (χ4n) is 2.24. The van der Waals surface area contributed by atoms with Gasteiger partial charge in [-0.1, -0.05) is 6.42 Å². The molecule has 5 nitrogen and oxygen atoms in total. The van der Waals surface area contributed by atoms with Gasteiger partial charge in [0.1, 0.15) is 0 Å². The summed E-state index contributed by atoms with van der Waals surface area (Å²) in [5.41, 5.74) is 0. The molecule has 100 valence electrons. The fourth-order valence-corrected chi connectivity index (χ4v) is 2.24. The molecule has 1 fully saturated rings. The number of hydrogen-bond acceptors (Lipinski definition) is 5. The van der Waals surface area contributed by atoms with Gasteiger partial charge in [0.15, 0.2) is 5.82 Å². The molecule has 0 saturated carbocycles. The van der Waals surface area contributed by atoms with Gasteiger partial charge in [-0.05, 0) is 26.3 Å². The maximum Gasteiger partial charge on any atom is 0.234 e. The number of anilines is 1. The van der Waals surface area contributed by atoms with E-state index in [9.17, 15) is 0 Å². The highest BCUT2D eigenvalue weighted by Gasteiger charge is 2.15. The summed E-state index contributed by atoms with van der Waals surface area (Å²) in [5, 5.41) is 3.54. The minimum atomic E-state index is 0.557. The van der Waals surface area contributed by atoms with Crippen molar-refractivity contribution >= 4 is 5.82 Å². The minimum absolute atomic E-state index is 0.557. The first-order chi connectivity index (χ1) is 8.79. The molecular formula is C13H22N4O. The Kier molecular flexibility index (Phi) is 4.75. The van der Waals surface area contributed by atoms with Crippen molar-refractivity contribution < 1.29 is 4.74 Å². The van der Waals surface area contributed by atoms with Crippen molar-refractivity contribution in [3.8, 4) is 5.88 Å². The molecule has 2 rings (SSSR count). The van der Waals surface area contributed by atoms with E-state index in [1.54, 1.807) is 12.4 Å². The fraction of sp³-hybridized carbons (Fsp3) is 0.692. The van der Waals surface area contributed by atoms with E-state index in [2.05, 4.69) is 27.2 Å². The topological polar surface area (TPSA) is 50.3 Å². The molecule has 1 atom stereocenters. The van der Waals surface area contributed by atoms with Crippen molar-refractivity contribution in [1.29, 1.82) is 0 Å². The van der Waals surface area contributed by atoms with E-state index in [4.69, 9.17) is 4.74 Å². The molecule has 1 aliphatic rings. The Morgan fingerprint density at radius 3 is 3.06 bits per heavy atom. The van der Waals surface area contributed by atoms with Gasteiger partial charge in [-0.2, -0.15) is 4.98 Å². The maximum absolute atomic E-state index is 5.37. The zero-order valence-corrected chi connectivity index (χ0v) is 11.2. The molecule has 0 radical (unpaired) electrons. The molecule has 0 aliphatic carbocycles. The number of hydrogen-bond donors (Lipinski definition) is 1. The monoisotopic (exact) mass is 250 g/mol.